The zero-order valence-electron chi connectivity index (χ0n) is 11.0. The summed E-state index contributed by atoms with van der Waals surface area (Å²) in [5.41, 5.74) is 7.95. The van der Waals surface area contributed by atoms with E-state index in [4.69, 9.17) is 5.73 Å². The van der Waals surface area contributed by atoms with Crippen molar-refractivity contribution in [2.45, 2.75) is 39.2 Å². The molecule has 2 aromatic heterocycles. The van der Waals surface area contributed by atoms with Crippen LogP contribution in [0.25, 0.3) is 5.69 Å². The highest BCUT2D eigenvalue weighted by Crippen LogP contribution is 2.15. The van der Waals surface area contributed by atoms with Gasteiger partial charge in [-0.25, -0.2) is 4.98 Å². The van der Waals surface area contributed by atoms with Crippen LogP contribution in [0.2, 0.25) is 0 Å². The Morgan fingerprint density at radius 1 is 1.28 bits per heavy atom. The van der Waals surface area contributed by atoms with Gasteiger partial charge >= 0.3 is 0 Å². The number of rotatable bonds is 5. The number of hydrogen-bond donors (Lipinski definition) is 1. The molecule has 2 heterocycles. The zero-order chi connectivity index (χ0) is 13.0. The average Bonchev–Trinajstić information content (AvgIpc) is 2.87. The normalized spacial score (nSPS) is 12.6. The lowest BCUT2D eigenvalue weighted by atomic mass is 10.1. The van der Waals surface area contributed by atoms with Crippen molar-refractivity contribution in [3.05, 3.63) is 42.2 Å². The van der Waals surface area contributed by atoms with Gasteiger partial charge in [-0.05, 0) is 25.0 Å². The Hall–Kier alpha value is -1.68. The highest BCUT2D eigenvalue weighted by Gasteiger charge is 2.07. The number of aryl methyl sites for hydroxylation is 1. The molecule has 2 rings (SSSR count). The Balaban J connectivity index is 2.26. The van der Waals surface area contributed by atoms with Crippen LogP contribution in [0.15, 0.2) is 30.7 Å². The minimum Gasteiger partial charge on any atom is -0.323 e. The van der Waals surface area contributed by atoms with Gasteiger partial charge in [-0.2, -0.15) is 0 Å². The van der Waals surface area contributed by atoms with Gasteiger partial charge in [-0.1, -0.05) is 13.8 Å². The van der Waals surface area contributed by atoms with Crippen LogP contribution in [0.1, 0.15) is 44.2 Å². The van der Waals surface area contributed by atoms with Gasteiger partial charge in [0, 0.05) is 24.9 Å². The predicted molar refractivity (Wildman–Crippen MR) is 72.6 cm³/mol. The highest BCUT2D eigenvalue weighted by molar-refractivity contribution is 5.32. The molecule has 0 amide bonds. The number of pyridine rings is 1. The number of nitrogens with zero attached hydrogens (tertiary/aromatic N) is 3. The monoisotopic (exact) mass is 244 g/mol. The molecule has 4 heteroatoms. The van der Waals surface area contributed by atoms with E-state index in [1.165, 1.54) is 0 Å². The summed E-state index contributed by atoms with van der Waals surface area (Å²) in [6.07, 6.45) is 8.63. The highest BCUT2D eigenvalue weighted by atomic mass is 15.1. The molecule has 0 saturated carbocycles. The van der Waals surface area contributed by atoms with Crippen molar-refractivity contribution in [3.63, 3.8) is 0 Å². The molecule has 0 aliphatic heterocycles. The van der Waals surface area contributed by atoms with Crippen molar-refractivity contribution in [3.8, 4) is 5.69 Å². The number of hydrogen-bond acceptors (Lipinski definition) is 3. The van der Waals surface area contributed by atoms with E-state index >= 15 is 0 Å². The Morgan fingerprint density at radius 3 is 2.72 bits per heavy atom. The van der Waals surface area contributed by atoms with Gasteiger partial charge in [0.05, 0.1) is 17.6 Å². The van der Waals surface area contributed by atoms with Crippen LogP contribution in [-0.4, -0.2) is 14.5 Å². The van der Waals surface area contributed by atoms with Crippen LogP contribution in [0.5, 0.6) is 0 Å². The van der Waals surface area contributed by atoms with Crippen LogP contribution in [0.3, 0.4) is 0 Å². The molecule has 0 radical (unpaired) electrons. The van der Waals surface area contributed by atoms with E-state index in [9.17, 15) is 0 Å². The maximum atomic E-state index is 5.96. The van der Waals surface area contributed by atoms with Gasteiger partial charge in [0.1, 0.15) is 5.82 Å². The fourth-order valence-electron chi connectivity index (χ4n) is 1.95. The van der Waals surface area contributed by atoms with Crippen LogP contribution >= 0.6 is 0 Å². The molecule has 4 nitrogen and oxygen atoms in total. The summed E-state index contributed by atoms with van der Waals surface area (Å²) in [5, 5.41) is 0. The molecule has 0 saturated heterocycles. The van der Waals surface area contributed by atoms with Crippen LogP contribution in [0, 0.1) is 0 Å². The second kappa shape index (κ2) is 5.78. The second-order valence-electron chi connectivity index (χ2n) is 4.42. The van der Waals surface area contributed by atoms with Gasteiger partial charge in [0.15, 0.2) is 0 Å². The van der Waals surface area contributed by atoms with Crippen molar-refractivity contribution < 1.29 is 0 Å². The Bertz CT molecular complexity index is 487. The van der Waals surface area contributed by atoms with Crippen LogP contribution < -0.4 is 5.73 Å². The first-order valence-corrected chi connectivity index (χ1v) is 6.50. The smallest absolute Gasteiger partial charge is 0.113 e. The third kappa shape index (κ3) is 2.59. The lowest BCUT2D eigenvalue weighted by Crippen LogP contribution is -2.11. The van der Waals surface area contributed by atoms with Gasteiger partial charge in [-0.15, -0.1) is 0 Å². The van der Waals surface area contributed by atoms with Gasteiger partial charge in [0.25, 0.3) is 0 Å². The molecule has 0 aliphatic carbocycles. The van der Waals surface area contributed by atoms with Gasteiger partial charge in [-0.3, -0.25) is 4.98 Å². The van der Waals surface area contributed by atoms with E-state index in [1.807, 2.05) is 24.7 Å². The third-order valence-electron chi connectivity index (χ3n) is 3.06. The largest absolute Gasteiger partial charge is 0.323 e. The first-order chi connectivity index (χ1) is 8.76. The fourth-order valence-corrected chi connectivity index (χ4v) is 1.95. The zero-order valence-corrected chi connectivity index (χ0v) is 11.0. The van der Waals surface area contributed by atoms with Crippen molar-refractivity contribution in [2.24, 2.45) is 5.73 Å². The molecule has 0 unspecified atom stereocenters. The van der Waals surface area contributed by atoms with E-state index < -0.39 is 0 Å². The summed E-state index contributed by atoms with van der Waals surface area (Å²) in [4.78, 5) is 8.80. The number of imidazole rings is 1. The molecule has 18 heavy (non-hydrogen) atoms. The minimum atomic E-state index is 0.0250. The first-order valence-electron chi connectivity index (χ1n) is 6.50. The molecule has 1 atom stereocenters. The van der Waals surface area contributed by atoms with E-state index in [0.29, 0.717) is 0 Å². The van der Waals surface area contributed by atoms with Gasteiger partial charge in [0.2, 0.25) is 0 Å². The van der Waals surface area contributed by atoms with Crippen molar-refractivity contribution in [1.82, 2.24) is 14.5 Å². The average molecular weight is 244 g/mol. The first kappa shape index (κ1) is 12.8. The molecule has 0 aromatic carbocycles. The summed E-state index contributed by atoms with van der Waals surface area (Å²) in [6, 6.07) is 4.08. The van der Waals surface area contributed by atoms with Crippen molar-refractivity contribution >= 4 is 0 Å². The Morgan fingerprint density at radius 2 is 2.11 bits per heavy atom. The van der Waals surface area contributed by atoms with E-state index in [-0.39, 0.29) is 6.04 Å². The lowest BCUT2D eigenvalue weighted by Gasteiger charge is -2.10. The molecule has 2 aromatic rings. The summed E-state index contributed by atoms with van der Waals surface area (Å²) in [5.74, 6) is 1.08. The Labute approximate surface area is 108 Å². The minimum absolute atomic E-state index is 0.0250. The number of nitrogens with two attached hydrogens (primary N) is 1. The second-order valence-corrected chi connectivity index (χ2v) is 4.42. The van der Waals surface area contributed by atoms with Crippen LogP contribution in [-0.2, 0) is 6.42 Å². The standard InChI is InChI=1S/C14H20N4/c1-3-5-14-16-8-9-18(14)11-6-7-13(17-10-11)12(15)4-2/h6-10,12H,3-5,15H2,1-2H3/t12-/m1/s1. The molecule has 0 spiro atoms. The molecular formula is C14H20N4. The summed E-state index contributed by atoms with van der Waals surface area (Å²) < 4.78 is 2.08. The van der Waals surface area contributed by atoms with E-state index in [2.05, 4.69) is 34.4 Å². The molecule has 96 valence electrons. The topological polar surface area (TPSA) is 56.7 Å². The molecule has 0 bridgehead atoms. The van der Waals surface area contributed by atoms with Crippen LogP contribution in [0.4, 0.5) is 0 Å². The molecule has 0 aliphatic rings. The quantitative estimate of drug-likeness (QED) is 0.879. The van der Waals surface area contributed by atoms with Gasteiger partial charge < -0.3 is 10.3 Å². The number of aromatic nitrogens is 3. The molecular weight excluding hydrogens is 224 g/mol. The molecule has 2 N–H and O–H groups in total. The summed E-state index contributed by atoms with van der Waals surface area (Å²) in [7, 11) is 0. The van der Waals surface area contributed by atoms with Crippen molar-refractivity contribution in [1.29, 1.82) is 0 Å². The maximum Gasteiger partial charge on any atom is 0.113 e. The SMILES string of the molecule is CCCc1nccn1-c1ccc([C@H](N)CC)nc1. The third-order valence-corrected chi connectivity index (χ3v) is 3.06. The molecule has 0 fully saturated rings. The lowest BCUT2D eigenvalue weighted by molar-refractivity contribution is 0.674. The Kier molecular flexibility index (Phi) is 4.10. The summed E-state index contributed by atoms with van der Waals surface area (Å²) in [6.45, 7) is 4.22. The predicted octanol–water partition coefficient (Wildman–Crippen LogP) is 2.63. The fraction of sp³-hybridized carbons (Fsp3) is 0.429. The van der Waals surface area contributed by atoms with Crippen molar-refractivity contribution in [2.75, 3.05) is 0 Å². The summed E-state index contributed by atoms with van der Waals surface area (Å²) >= 11 is 0. The van der Waals surface area contributed by atoms with E-state index in [1.54, 1.807) is 0 Å². The van der Waals surface area contributed by atoms with E-state index in [0.717, 1.165) is 36.5 Å². The maximum absolute atomic E-state index is 5.96.